The number of aliphatic hydroxyl groups excluding tert-OH is 1. The summed E-state index contributed by atoms with van der Waals surface area (Å²) in [7, 11) is 4.13. The molecule has 0 radical (unpaired) electrons. The average molecular weight is 294 g/mol. The lowest BCUT2D eigenvalue weighted by molar-refractivity contribution is 0.0996. The first-order valence-electron chi connectivity index (χ1n) is 7.64. The highest BCUT2D eigenvalue weighted by Crippen LogP contribution is 2.12. The number of nitrogens with zero attached hydrogens (tertiary/aromatic N) is 1. The Morgan fingerprint density at radius 1 is 1.29 bits per heavy atom. The number of likely N-dealkylation sites (N-methyl/N-ethyl adjacent to an activating group) is 1. The Kier molecular flexibility index (Phi) is 7.72. The highest BCUT2D eigenvalue weighted by atomic mass is 16.5. The largest absolute Gasteiger partial charge is 0.491 e. The van der Waals surface area contributed by atoms with Gasteiger partial charge in [0.25, 0.3) is 0 Å². The fourth-order valence-corrected chi connectivity index (χ4v) is 2.15. The van der Waals surface area contributed by atoms with Gasteiger partial charge >= 0.3 is 0 Å². The Morgan fingerprint density at radius 3 is 2.57 bits per heavy atom. The molecule has 4 heteroatoms. The van der Waals surface area contributed by atoms with Gasteiger partial charge in [-0.2, -0.15) is 0 Å². The summed E-state index contributed by atoms with van der Waals surface area (Å²) >= 11 is 0. The molecule has 0 aromatic heterocycles. The summed E-state index contributed by atoms with van der Waals surface area (Å²) in [6.07, 6.45) is -0.506. The van der Waals surface area contributed by atoms with Gasteiger partial charge in [-0.25, -0.2) is 0 Å². The summed E-state index contributed by atoms with van der Waals surface area (Å²) in [6, 6.07) is 8.24. The topological polar surface area (TPSA) is 44.7 Å². The van der Waals surface area contributed by atoms with E-state index < -0.39 is 6.10 Å². The van der Waals surface area contributed by atoms with Crippen molar-refractivity contribution in [1.82, 2.24) is 10.2 Å². The highest BCUT2D eigenvalue weighted by molar-refractivity contribution is 5.27. The molecule has 21 heavy (non-hydrogen) atoms. The molecule has 0 bridgehead atoms. The second kappa shape index (κ2) is 9.03. The van der Waals surface area contributed by atoms with E-state index in [1.54, 1.807) is 0 Å². The lowest BCUT2D eigenvalue weighted by Crippen LogP contribution is -2.45. The third kappa shape index (κ3) is 7.46. The van der Waals surface area contributed by atoms with Crippen LogP contribution in [0.3, 0.4) is 0 Å². The SMILES string of the molecule is Cc1cccc(OCC(O)CNC(CN(C)C)C(C)C)c1. The van der Waals surface area contributed by atoms with Gasteiger partial charge in [0.2, 0.25) is 0 Å². The average Bonchev–Trinajstić information content (AvgIpc) is 2.40. The van der Waals surface area contributed by atoms with Gasteiger partial charge in [-0.15, -0.1) is 0 Å². The van der Waals surface area contributed by atoms with E-state index in [-0.39, 0.29) is 0 Å². The van der Waals surface area contributed by atoms with Gasteiger partial charge in [0.15, 0.2) is 0 Å². The zero-order chi connectivity index (χ0) is 15.8. The lowest BCUT2D eigenvalue weighted by Gasteiger charge is -2.27. The molecule has 0 amide bonds. The summed E-state index contributed by atoms with van der Waals surface area (Å²) in [6.45, 7) is 8.22. The molecule has 0 aliphatic rings. The summed E-state index contributed by atoms with van der Waals surface area (Å²) in [5.74, 6) is 1.33. The molecule has 0 spiro atoms. The first-order chi connectivity index (χ1) is 9.88. The zero-order valence-electron chi connectivity index (χ0n) is 14.0. The van der Waals surface area contributed by atoms with Crippen LogP contribution in [0.4, 0.5) is 0 Å². The monoisotopic (exact) mass is 294 g/mol. The van der Waals surface area contributed by atoms with E-state index in [4.69, 9.17) is 4.74 Å². The summed E-state index contributed by atoms with van der Waals surface area (Å²) < 4.78 is 5.62. The summed E-state index contributed by atoms with van der Waals surface area (Å²) in [5.41, 5.74) is 1.16. The molecular weight excluding hydrogens is 264 g/mol. The van der Waals surface area contributed by atoms with Crippen molar-refractivity contribution in [2.24, 2.45) is 5.92 Å². The molecule has 0 aliphatic carbocycles. The minimum Gasteiger partial charge on any atom is -0.491 e. The van der Waals surface area contributed by atoms with E-state index in [2.05, 4.69) is 38.2 Å². The predicted octanol–water partition coefficient (Wildman–Crippen LogP) is 1.91. The molecule has 0 aliphatic heterocycles. The molecule has 2 N–H and O–H groups in total. The van der Waals surface area contributed by atoms with Crippen molar-refractivity contribution in [1.29, 1.82) is 0 Å². The van der Waals surface area contributed by atoms with Gasteiger partial charge in [-0.1, -0.05) is 26.0 Å². The van der Waals surface area contributed by atoms with Gasteiger partial charge in [0.1, 0.15) is 18.5 Å². The molecule has 0 saturated carbocycles. The fourth-order valence-electron chi connectivity index (χ4n) is 2.15. The molecule has 1 aromatic rings. The molecule has 0 saturated heterocycles. The van der Waals surface area contributed by atoms with Gasteiger partial charge < -0.3 is 20.1 Å². The van der Waals surface area contributed by atoms with Crippen molar-refractivity contribution in [3.63, 3.8) is 0 Å². The van der Waals surface area contributed by atoms with E-state index in [1.165, 1.54) is 0 Å². The minimum atomic E-state index is -0.506. The van der Waals surface area contributed by atoms with Crippen LogP contribution in [0.25, 0.3) is 0 Å². The maximum atomic E-state index is 10.0. The molecular formula is C17H30N2O2. The Hall–Kier alpha value is -1.10. The standard InChI is InChI=1S/C17H30N2O2/c1-13(2)17(11-19(4)5)18-10-15(20)12-21-16-8-6-7-14(3)9-16/h6-9,13,15,17-18,20H,10-12H2,1-5H3. The second-order valence-electron chi connectivity index (χ2n) is 6.30. The molecule has 120 valence electrons. The Bertz CT molecular complexity index is 408. The lowest BCUT2D eigenvalue weighted by atomic mass is 10.0. The molecule has 2 unspecified atom stereocenters. The van der Waals surface area contributed by atoms with Crippen LogP contribution in [-0.4, -0.2) is 55.9 Å². The predicted molar refractivity (Wildman–Crippen MR) is 87.9 cm³/mol. The van der Waals surface area contributed by atoms with Crippen molar-refractivity contribution in [3.8, 4) is 5.75 Å². The fraction of sp³-hybridized carbons (Fsp3) is 0.647. The van der Waals surface area contributed by atoms with Crippen LogP contribution in [0.2, 0.25) is 0 Å². The number of hydrogen-bond donors (Lipinski definition) is 2. The molecule has 0 heterocycles. The van der Waals surface area contributed by atoms with Gasteiger partial charge in [-0.3, -0.25) is 0 Å². The van der Waals surface area contributed by atoms with Crippen LogP contribution in [0, 0.1) is 12.8 Å². The van der Waals surface area contributed by atoms with Gasteiger partial charge in [-0.05, 0) is 44.6 Å². The molecule has 1 rings (SSSR count). The number of aryl methyl sites for hydroxylation is 1. The maximum absolute atomic E-state index is 10.0. The van der Waals surface area contributed by atoms with Crippen LogP contribution in [0.1, 0.15) is 19.4 Å². The number of ether oxygens (including phenoxy) is 1. The van der Waals surface area contributed by atoms with Crippen LogP contribution < -0.4 is 10.1 Å². The smallest absolute Gasteiger partial charge is 0.119 e. The van der Waals surface area contributed by atoms with Crippen molar-refractivity contribution in [3.05, 3.63) is 29.8 Å². The van der Waals surface area contributed by atoms with Crippen molar-refractivity contribution in [2.75, 3.05) is 33.8 Å². The highest BCUT2D eigenvalue weighted by Gasteiger charge is 2.15. The molecule has 1 aromatic carbocycles. The third-order valence-electron chi connectivity index (χ3n) is 3.41. The first kappa shape index (κ1) is 18.0. The van der Waals surface area contributed by atoms with Crippen molar-refractivity contribution >= 4 is 0 Å². The van der Waals surface area contributed by atoms with Crippen LogP contribution >= 0.6 is 0 Å². The second-order valence-corrected chi connectivity index (χ2v) is 6.30. The summed E-state index contributed by atoms with van der Waals surface area (Å²) in [4.78, 5) is 2.16. The maximum Gasteiger partial charge on any atom is 0.119 e. The number of aliphatic hydroxyl groups is 1. The van der Waals surface area contributed by atoms with Crippen LogP contribution in [0.15, 0.2) is 24.3 Å². The molecule has 0 fully saturated rings. The van der Waals surface area contributed by atoms with E-state index in [9.17, 15) is 5.11 Å². The van der Waals surface area contributed by atoms with E-state index in [1.807, 2.05) is 31.2 Å². The quantitative estimate of drug-likeness (QED) is 0.730. The van der Waals surface area contributed by atoms with Gasteiger partial charge in [0, 0.05) is 19.1 Å². The van der Waals surface area contributed by atoms with E-state index in [0.717, 1.165) is 17.9 Å². The van der Waals surface area contributed by atoms with Crippen LogP contribution in [0.5, 0.6) is 5.75 Å². The van der Waals surface area contributed by atoms with Crippen LogP contribution in [-0.2, 0) is 0 Å². The summed E-state index contributed by atoms with van der Waals surface area (Å²) in [5, 5.41) is 13.5. The Labute approximate surface area is 129 Å². The van der Waals surface area contributed by atoms with E-state index in [0.29, 0.717) is 25.1 Å². The number of nitrogens with one attached hydrogen (secondary N) is 1. The normalized spacial score (nSPS) is 14.5. The first-order valence-corrected chi connectivity index (χ1v) is 7.64. The minimum absolute atomic E-state index is 0.309. The molecule has 4 nitrogen and oxygen atoms in total. The Balaban J connectivity index is 2.34. The van der Waals surface area contributed by atoms with Crippen molar-refractivity contribution in [2.45, 2.75) is 32.9 Å². The number of benzene rings is 1. The van der Waals surface area contributed by atoms with Crippen molar-refractivity contribution < 1.29 is 9.84 Å². The van der Waals surface area contributed by atoms with Gasteiger partial charge in [0.05, 0.1) is 0 Å². The Morgan fingerprint density at radius 2 is 2.00 bits per heavy atom. The number of hydrogen-bond acceptors (Lipinski definition) is 4. The zero-order valence-corrected chi connectivity index (χ0v) is 14.0. The number of rotatable bonds is 9. The van der Waals surface area contributed by atoms with E-state index >= 15 is 0 Å². The third-order valence-corrected chi connectivity index (χ3v) is 3.41. The molecule has 2 atom stereocenters.